The molecule has 1 aliphatic rings. The van der Waals surface area contributed by atoms with E-state index in [4.69, 9.17) is 12.2 Å². The van der Waals surface area contributed by atoms with Gasteiger partial charge in [0.05, 0.1) is 5.75 Å². The van der Waals surface area contributed by atoms with Crippen LogP contribution in [0.25, 0.3) is 0 Å². The van der Waals surface area contributed by atoms with Gasteiger partial charge in [0.25, 0.3) is 0 Å². The third kappa shape index (κ3) is 3.82. The summed E-state index contributed by atoms with van der Waals surface area (Å²) in [5, 5.41) is 0.826. The predicted molar refractivity (Wildman–Crippen MR) is 81.7 cm³/mol. The quantitative estimate of drug-likeness (QED) is 0.821. The molecule has 2 rings (SSSR count). The molecule has 1 aromatic heterocycles. The van der Waals surface area contributed by atoms with Gasteiger partial charge in [0.1, 0.15) is 10.5 Å². The number of aromatic amines is 1. The van der Waals surface area contributed by atoms with E-state index in [1.165, 1.54) is 31.4 Å². The Labute approximate surface area is 119 Å². The molecule has 18 heavy (non-hydrogen) atoms. The predicted octanol–water partition coefficient (Wildman–Crippen LogP) is 4.61. The van der Waals surface area contributed by atoms with Gasteiger partial charge in [0, 0.05) is 16.4 Å². The summed E-state index contributed by atoms with van der Waals surface area (Å²) in [6.07, 6.45) is 5.51. The number of thioether (sulfide) groups is 1. The standard InChI is InChI=1S/C14H22N2S2/c1-14(2,3)11-8-13(17)16-12(15-11)9-18-10-6-4-5-7-10/h8,10H,4-7,9H2,1-3H3,(H,15,16,17). The Kier molecular flexibility index (Phi) is 4.49. The van der Waals surface area contributed by atoms with Crippen LogP contribution in [-0.2, 0) is 11.2 Å². The van der Waals surface area contributed by atoms with Gasteiger partial charge in [-0.25, -0.2) is 4.98 Å². The van der Waals surface area contributed by atoms with Crippen molar-refractivity contribution in [1.82, 2.24) is 9.97 Å². The number of rotatable bonds is 3. The molecule has 4 heteroatoms. The van der Waals surface area contributed by atoms with Gasteiger partial charge in [-0.3, -0.25) is 0 Å². The maximum Gasteiger partial charge on any atom is 0.130 e. The SMILES string of the molecule is CC(C)(C)c1cc(=S)nc(CSC2CCCC2)[nH]1. The smallest absolute Gasteiger partial charge is 0.130 e. The van der Waals surface area contributed by atoms with Crippen LogP contribution in [0.15, 0.2) is 6.07 Å². The molecule has 1 N–H and O–H groups in total. The van der Waals surface area contributed by atoms with Crippen molar-refractivity contribution < 1.29 is 0 Å². The molecule has 1 aliphatic carbocycles. The third-order valence-corrected chi connectivity index (χ3v) is 4.95. The van der Waals surface area contributed by atoms with E-state index in [9.17, 15) is 0 Å². The molecule has 0 spiro atoms. The highest BCUT2D eigenvalue weighted by Crippen LogP contribution is 2.31. The zero-order chi connectivity index (χ0) is 13.2. The number of hydrogen-bond donors (Lipinski definition) is 1. The highest BCUT2D eigenvalue weighted by Gasteiger charge is 2.18. The van der Waals surface area contributed by atoms with Crippen LogP contribution in [0.3, 0.4) is 0 Å². The Morgan fingerprint density at radius 2 is 2.06 bits per heavy atom. The molecule has 0 unspecified atom stereocenters. The average molecular weight is 282 g/mol. The monoisotopic (exact) mass is 282 g/mol. The van der Waals surface area contributed by atoms with E-state index in [-0.39, 0.29) is 5.41 Å². The molecule has 1 aromatic rings. The van der Waals surface area contributed by atoms with Crippen molar-refractivity contribution in [1.29, 1.82) is 0 Å². The second-order valence-corrected chi connectivity index (χ2v) is 7.75. The van der Waals surface area contributed by atoms with Crippen LogP contribution < -0.4 is 0 Å². The van der Waals surface area contributed by atoms with Gasteiger partial charge in [0.2, 0.25) is 0 Å². The Morgan fingerprint density at radius 3 is 2.67 bits per heavy atom. The van der Waals surface area contributed by atoms with Gasteiger partial charge in [-0.05, 0) is 18.9 Å². The van der Waals surface area contributed by atoms with E-state index in [1.807, 2.05) is 17.8 Å². The normalized spacial score (nSPS) is 17.3. The van der Waals surface area contributed by atoms with Crippen LogP contribution >= 0.6 is 24.0 Å². The number of aromatic nitrogens is 2. The van der Waals surface area contributed by atoms with Gasteiger partial charge in [0.15, 0.2) is 0 Å². The van der Waals surface area contributed by atoms with Crippen LogP contribution in [0.4, 0.5) is 0 Å². The van der Waals surface area contributed by atoms with Crippen molar-refractivity contribution in [2.24, 2.45) is 0 Å². The third-order valence-electron chi connectivity index (χ3n) is 3.36. The van der Waals surface area contributed by atoms with Crippen LogP contribution in [-0.4, -0.2) is 15.2 Å². The Morgan fingerprint density at radius 1 is 1.39 bits per heavy atom. The first-order chi connectivity index (χ1) is 8.45. The molecule has 0 bridgehead atoms. The summed E-state index contributed by atoms with van der Waals surface area (Å²) >= 11 is 7.29. The van der Waals surface area contributed by atoms with E-state index < -0.39 is 0 Å². The van der Waals surface area contributed by atoms with Gasteiger partial charge < -0.3 is 4.98 Å². The molecule has 0 aromatic carbocycles. The van der Waals surface area contributed by atoms with Crippen molar-refractivity contribution in [3.8, 4) is 0 Å². The fourth-order valence-corrected chi connectivity index (χ4v) is 3.66. The maximum atomic E-state index is 5.26. The summed E-state index contributed by atoms with van der Waals surface area (Å²) in [5.41, 5.74) is 1.29. The van der Waals surface area contributed by atoms with Gasteiger partial charge in [-0.1, -0.05) is 45.8 Å². The van der Waals surface area contributed by atoms with Crippen molar-refractivity contribution >= 4 is 24.0 Å². The lowest BCUT2D eigenvalue weighted by Crippen LogP contribution is -2.15. The topological polar surface area (TPSA) is 28.7 Å². The van der Waals surface area contributed by atoms with Crippen LogP contribution in [0, 0.1) is 4.64 Å². The molecule has 0 atom stereocenters. The molecule has 0 radical (unpaired) electrons. The minimum Gasteiger partial charge on any atom is -0.346 e. The number of H-pyrrole nitrogens is 1. The van der Waals surface area contributed by atoms with Gasteiger partial charge in [-0.15, -0.1) is 0 Å². The van der Waals surface area contributed by atoms with Crippen LogP contribution in [0.1, 0.15) is 58.0 Å². The zero-order valence-corrected chi connectivity index (χ0v) is 13.1. The second kappa shape index (κ2) is 5.74. The van der Waals surface area contributed by atoms with E-state index >= 15 is 0 Å². The Balaban J connectivity index is 2.08. The number of nitrogens with zero attached hydrogens (tertiary/aromatic N) is 1. The summed E-state index contributed by atoms with van der Waals surface area (Å²) in [4.78, 5) is 7.90. The first kappa shape index (κ1) is 14.1. The van der Waals surface area contributed by atoms with Gasteiger partial charge in [-0.2, -0.15) is 11.8 Å². The van der Waals surface area contributed by atoms with Crippen molar-refractivity contribution in [2.45, 2.75) is 62.9 Å². The highest BCUT2D eigenvalue weighted by atomic mass is 32.2. The Bertz CT molecular complexity index is 454. The van der Waals surface area contributed by atoms with E-state index in [0.29, 0.717) is 4.64 Å². The van der Waals surface area contributed by atoms with E-state index in [2.05, 4.69) is 30.7 Å². The van der Waals surface area contributed by atoms with E-state index in [0.717, 1.165) is 16.8 Å². The molecule has 0 saturated heterocycles. The molecule has 0 aliphatic heterocycles. The lowest BCUT2D eigenvalue weighted by molar-refractivity contribution is 0.563. The summed E-state index contributed by atoms with van der Waals surface area (Å²) in [5.74, 6) is 1.99. The zero-order valence-electron chi connectivity index (χ0n) is 11.5. The number of hydrogen-bond acceptors (Lipinski definition) is 3. The minimum atomic E-state index is 0.100. The first-order valence-electron chi connectivity index (χ1n) is 6.67. The Hall–Kier alpha value is -0.350. The fourth-order valence-electron chi connectivity index (χ4n) is 2.23. The molecule has 1 fully saturated rings. The lowest BCUT2D eigenvalue weighted by atomic mass is 9.92. The summed E-state index contributed by atoms with van der Waals surface area (Å²) in [6.45, 7) is 6.59. The van der Waals surface area contributed by atoms with Gasteiger partial charge >= 0.3 is 0 Å². The molecule has 100 valence electrons. The molecule has 1 heterocycles. The molecule has 1 saturated carbocycles. The number of nitrogens with one attached hydrogen (secondary N) is 1. The summed E-state index contributed by atoms with van der Waals surface area (Å²) in [7, 11) is 0. The van der Waals surface area contributed by atoms with E-state index in [1.54, 1.807) is 0 Å². The molecular weight excluding hydrogens is 260 g/mol. The van der Waals surface area contributed by atoms with Crippen LogP contribution in [0.2, 0.25) is 0 Å². The van der Waals surface area contributed by atoms with Crippen molar-refractivity contribution in [2.75, 3.05) is 0 Å². The fraction of sp³-hybridized carbons (Fsp3) is 0.714. The van der Waals surface area contributed by atoms with Crippen LogP contribution in [0.5, 0.6) is 0 Å². The first-order valence-corrected chi connectivity index (χ1v) is 8.13. The maximum absolute atomic E-state index is 5.26. The minimum absolute atomic E-state index is 0.100. The molecule has 0 amide bonds. The summed E-state index contributed by atoms with van der Waals surface area (Å²) in [6, 6.07) is 1.99. The second-order valence-electron chi connectivity index (χ2n) is 6.05. The molecular formula is C14H22N2S2. The summed E-state index contributed by atoms with van der Waals surface area (Å²) < 4.78 is 0.709. The van der Waals surface area contributed by atoms with Crippen molar-refractivity contribution in [3.63, 3.8) is 0 Å². The highest BCUT2D eigenvalue weighted by molar-refractivity contribution is 7.99. The average Bonchev–Trinajstić information content (AvgIpc) is 2.77. The largest absolute Gasteiger partial charge is 0.346 e. The van der Waals surface area contributed by atoms with Crippen molar-refractivity contribution in [3.05, 3.63) is 22.2 Å². The lowest BCUT2D eigenvalue weighted by Gasteiger charge is -2.19. The molecule has 2 nitrogen and oxygen atoms in total.